The van der Waals surface area contributed by atoms with Gasteiger partial charge in [-0.2, -0.15) is 5.26 Å². The molecule has 2 amide bonds. The molecule has 0 radical (unpaired) electrons. The van der Waals surface area contributed by atoms with E-state index in [1.807, 2.05) is 13.8 Å². The highest BCUT2D eigenvalue weighted by Crippen LogP contribution is 2.11. The van der Waals surface area contributed by atoms with E-state index < -0.39 is 11.9 Å². The first-order valence-electron chi connectivity index (χ1n) is 7.69. The third kappa shape index (κ3) is 6.92. The van der Waals surface area contributed by atoms with Crippen LogP contribution >= 0.6 is 0 Å². The van der Waals surface area contributed by atoms with Crippen molar-refractivity contribution in [2.75, 3.05) is 11.9 Å². The zero-order chi connectivity index (χ0) is 17.9. The molecule has 128 valence electrons. The van der Waals surface area contributed by atoms with Crippen LogP contribution in [0.1, 0.15) is 43.5 Å². The second-order valence-electron chi connectivity index (χ2n) is 5.29. The zero-order valence-electron chi connectivity index (χ0n) is 13.8. The fourth-order valence-electron chi connectivity index (χ4n) is 2.00. The lowest BCUT2D eigenvalue weighted by molar-refractivity contribution is -0.124. The van der Waals surface area contributed by atoms with Crippen LogP contribution in [0.15, 0.2) is 24.3 Å². The Hall–Kier alpha value is -2.88. The number of nitriles is 1. The Morgan fingerprint density at radius 2 is 1.88 bits per heavy atom. The molecule has 0 heterocycles. The maximum atomic E-state index is 11.9. The molecule has 0 saturated carbocycles. The van der Waals surface area contributed by atoms with Crippen molar-refractivity contribution < 1.29 is 19.1 Å². The number of anilines is 1. The second kappa shape index (κ2) is 10.0. The first-order chi connectivity index (χ1) is 11.5. The molecule has 1 aromatic rings. The summed E-state index contributed by atoms with van der Waals surface area (Å²) in [7, 11) is 0. The van der Waals surface area contributed by atoms with Crippen LogP contribution in [0.25, 0.3) is 0 Å². The molecule has 0 fully saturated rings. The SMILES string of the molecule is CCC[C@@H](C)NC(=O)COC(=O)c1ccc(NC(=O)CC#N)cc1. The molecular weight excluding hydrogens is 310 g/mol. The maximum Gasteiger partial charge on any atom is 0.338 e. The van der Waals surface area contributed by atoms with Crippen molar-refractivity contribution in [2.45, 2.75) is 39.2 Å². The average molecular weight is 331 g/mol. The quantitative estimate of drug-likeness (QED) is 0.708. The lowest BCUT2D eigenvalue weighted by Crippen LogP contribution is -2.35. The Bertz CT molecular complexity index is 620. The van der Waals surface area contributed by atoms with Gasteiger partial charge in [0.05, 0.1) is 11.6 Å². The van der Waals surface area contributed by atoms with Crippen molar-refractivity contribution in [3.8, 4) is 6.07 Å². The van der Waals surface area contributed by atoms with Crippen LogP contribution in [-0.2, 0) is 14.3 Å². The van der Waals surface area contributed by atoms with Gasteiger partial charge in [0.2, 0.25) is 5.91 Å². The van der Waals surface area contributed by atoms with Crippen molar-refractivity contribution in [3.63, 3.8) is 0 Å². The normalized spacial score (nSPS) is 11.0. The zero-order valence-corrected chi connectivity index (χ0v) is 13.8. The van der Waals surface area contributed by atoms with Gasteiger partial charge in [0, 0.05) is 11.7 Å². The summed E-state index contributed by atoms with van der Waals surface area (Å²) in [6, 6.07) is 7.78. The van der Waals surface area contributed by atoms with Crippen LogP contribution in [0.4, 0.5) is 5.69 Å². The summed E-state index contributed by atoms with van der Waals surface area (Å²) in [5.74, 6) is -1.39. The van der Waals surface area contributed by atoms with Crippen molar-refractivity contribution >= 4 is 23.5 Å². The van der Waals surface area contributed by atoms with Gasteiger partial charge in [-0.05, 0) is 37.6 Å². The van der Waals surface area contributed by atoms with Crippen LogP contribution < -0.4 is 10.6 Å². The van der Waals surface area contributed by atoms with Crippen LogP contribution in [0.3, 0.4) is 0 Å². The van der Waals surface area contributed by atoms with Crippen molar-refractivity contribution in [1.29, 1.82) is 5.26 Å². The highest BCUT2D eigenvalue weighted by Gasteiger charge is 2.12. The van der Waals surface area contributed by atoms with Crippen molar-refractivity contribution in [2.24, 2.45) is 0 Å². The van der Waals surface area contributed by atoms with E-state index in [-0.39, 0.29) is 30.5 Å². The van der Waals surface area contributed by atoms with E-state index in [1.54, 1.807) is 6.07 Å². The molecule has 1 aromatic carbocycles. The maximum absolute atomic E-state index is 11.9. The standard InChI is InChI=1S/C17H21N3O4/c1-3-4-12(2)19-16(22)11-24-17(23)13-5-7-14(8-6-13)20-15(21)9-10-18/h5-8,12H,3-4,9,11H2,1-2H3,(H,19,22)(H,20,21)/t12-/m1/s1. The number of esters is 1. The predicted molar refractivity (Wildman–Crippen MR) is 88.1 cm³/mol. The molecule has 24 heavy (non-hydrogen) atoms. The Labute approximate surface area is 141 Å². The van der Waals surface area contributed by atoms with E-state index in [1.165, 1.54) is 24.3 Å². The Balaban J connectivity index is 2.47. The summed E-state index contributed by atoms with van der Waals surface area (Å²) < 4.78 is 4.95. The molecule has 1 atom stereocenters. The largest absolute Gasteiger partial charge is 0.452 e. The first kappa shape index (κ1) is 19.2. The molecule has 0 aliphatic heterocycles. The molecule has 0 unspecified atom stereocenters. The first-order valence-corrected chi connectivity index (χ1v) is 7.69. The molecule has 2 N–H and O–H groups in total. The highest BCUT2D eigenvalue weighted by atomic mass is 16.5. The monoisotopic (exact) mass is 331 g/mol. The van der Waals surface area contributed by atoms with E-state index >= 15 is 0 Å². The predicted octanol–water partition coefficient (Wildman–Crippen LogP) is 2.00. The van der Waals surface area contributed by atoms with Gasteiger partial charge in [-0.25, -0.2) is 4.79 Å². The minimum atomic E-state index is -0.622. The number of hydrogen-bond acceptors (Lipinski definition) is 5. The number of ether oxygens (including phenoxy) is 1. The van der Waals surface area contributed by atoms with Gasteiger partial charge >= 0.3 is 5.97 Å². The third-order valence-corrected chi connectivity index (χ3v) is 3.11. The third-order valence-electron chi connectivity index (χ3n) is 3.11. The summed E-state index contributed by atoms with van der Waals surface area (Å²) in [5.41, 5.74) is 0.737. The van der Waals surface area contributed by atoms with Crippen molar-refractivity contribution in [3.05, 3.63) is 29.8 Å². The molecule has 7 heteroatoms. The van der Waals surface area contributed by atoms with E-state index in [4.69, 9.17) is 10.00 Å². The van der Waals surface area contributed by atoms with Gasteiger partial charge in [0.15, 0.2) is 6.61 Å². The van der Waals surface area contributed by atoms with Crippen molar-refractivity contribution in [1.82, 2.24) is 5.32 Å². The number of benzene rings is 1. The van der Waals surface area contributed by atoms with Crippen LogP contribution in [0.2, 0.25) is 0 Å². The van der Waals surface area contributed by atoms with Gasteiger partial charge in [-0.1, -0.05) is 13.3 Å². The summed E-state index contributed by atoms with van der Waals surface area (Å²) >= 11 is 0. The summed E-state index contributed by atoms with van der Waals surface area (Å²) in [5, 5.41) is 13.7. The van der Waals surface area contributed by atoms with E-state index in [2.05, 4.69) is 10.6 Å². The number of nitrogens with one attached hydrogen (secondary N) is 2. The van der Waals surface area contributed by atoms with Gasteiger partial charge in [-0.15, -0.1) is 0 Å². The van der Waals surface area contributed by atoms with Crippen LogP contribution in [-0.4, -0.2) is 30.4 Å². The number of amides is 2. The summed E-state index contributed by atoms with van der Waals surface area (Å²) in [6.45, 7) is 3.57. The molecule has 7 nitrogen and oxygen atoms in total. The molecular formula is C17H21N3O4. The molecule has 0 bridgehead atoms. The average Bonchev–Trinajstić information content (AvgIpc) is 2.53. The Morgan fingerprint density at radius 3 is 2.46 bits per heavy atom. The van der Waals surface area contributed by atoms with Gasteiger partial charge in [-0.3, -0.25) is 9.59 Å². The molecule has 0 aliphatic carbocycles. The fraction of sp³-hybridized carbons (Fsp3) is 0.412. The van der Waals surface area contributed by atoms with Gasteiger partial charge < -0.3 is 15.4 Å². The number of rotatable bonds is 8. The molecule has 0 spiro atoms. The molecule has 1 rings (SSSR count). The van der Waals surface area contributed by atoms with Gasteiger partial charge in [0.25, 0.3) is 5.91 Å². The van der Waals surface area contributed by atoms with Gasteiger partial charge in [0.1, 0.15) is 6.42 Å². The fourth-order valence-corrected chi connectivity index (χ4v) is 2.00. The van der Waals surface area contributed by atoms with Crippen LogP contribution in [0.5, 0.6) is 0 Å². The number of carbonyl (C=O) groups excluding carboxylic acids is 3. The number of carbonyl (C=O) groups is 3. The minimum Gasteiger partial charge on any atom is -0.452 e. The molecule has 0 aromatic heterocycles. The lowest BCUT2D eigenvalue weighted by atomic mass is 10.2. The molecule has 0 saturated heterocycles. The Kier molecular flexibility index (Phi) is 7.99. The van der Waals surface area contributed by atoms with E-state index in [9.17, 15) is 14.4 Å². The Morgan fingerprint density at radius 1 is 1.21 bits per heavy atom. The number of nitrogens with zero attached hydrogens (tertiary/aromatic N) is 1. The topological polar surface area (TPSA) is 108 Å². The minimum absolute atomic E-state index is 0.0394. The number of hydrogen-bond donors (Lipinski definition) is 2. The smallest absolute Gasteiger partial charge is 0.338 e. The lowest BCUT2D eigenvalue weighted by Gasteiger charge is -2.12. The van der Waals surface area contributed by atoms with E-state index in [0.717, 1.165) is 12.8 Å². The summed E-state index contributed by atoms with van der Waals surface area (Å²) in [6.07, 6.45) is 1.58. The highest BCUT2D eigenvalue weighted by molar-refractivity contribution is 5.94. The summed E-state index contributed by atoms with van der Waals surface area (Å²) in [4.78, 5) is 34.8. The van der Waals surface area contributed by atoms with E-state index in [0.29, 0.717) is 5.69 Å². The van der Waals surface area contributed by atoms with Crippen LogP contribution in [0, 0.1) is 11.3 Å². The molecule has 0 aliphatic rings. The second-order valence-corrected chi connectivity index (χ2v) is 5.29.